The maximum absolute atomic E-state index is 5.99. The normalized spacial score (nSPS) is 11.7. The second-order valence-corrected chi connectivity index (χ2v) is 9.64. The number of fused-ring (bicyclic) bond motifs is 5. The number of nitrogens with zero attached hydrogens (tertiary/aromatic N) is 2. The molecule has 0 unspecified atom stereocenters. The first-order valence-electron chi connectivity index (χ1n) is 12.8. The lowest BCUT2D eigenvalue weighted by Gasteiger charge is -2.10. The van der Waals surface area contributed by atoms with Crippen LogP contribution < -0.4 is 0 Å². The van der Waals surface area contributed by atoms with Gasteiger partial charge < -0.3 is 8.98 Å². The molecule has 0 N–H and O–H groups in total. The summed E-state index contributed by atoms with van der Waals surface area (Å²) < 4.78 is 8.33. The van der Waals surface area contributed by atoms with Gasteiger partial charge in [0.2, 0.25) is 5.89 Å². The molecule has 2 aromatic heterocycles. The lowest BCUT2D eigenvalue weighted by molar-refractivity contribution is 0.620. The molecule has 0 spiro atoms. The molecule has 6 aromatic carbocycles. The highest BCUT2D eigenvalue weighted by Gasteiger charge is 2.15. The van der Waals surface area contributed by atoms with Crippen LogP contribution in [0.5, 0.6) is 0 Å². The van der Waals surface area contributed by atoms with Gasteiger partial charge in [-0.3, -0.25) is 0 Å². The summed E-state index contributed by atoms with van der Waals surface area (Å²) in [4.78, 5) is 4.66. The lowest BCUT2D eigenvalue weighted by atomic mass is 9.97. The first-order chi connectivity index (χ1) is 18.8. The predicted octanol–water partition coefficient (Wildman–Crippen LogP) is 9.41. The molecular formula is C35H22N2O. The molecule has 0 aliphatic rings. The molecule has 3 heteroatoms. The van der Waals surface area contributed by atoms with Crippen LogP contribution in [0.15, 0.2) is 138 Å². The number of hydrogen-bond acceptors (Lipinski definition) is 2. The van der Waals surface area contributed by atoms with Crippen LogP contribution in [0.3, 0.4) is 0 Å². The van der Waals surface area contributed by atoms with Gasteiger partial charge in [0.1, 0.15) is 5.52 Å². The van der Waals surface area contributed by atoms with Gasteiger partial charge in [0.05, 0.1) is 11.0 Å². The minimum Gasteiger partial charge on any atom is -0.436 e. The topological polar surface area (TPSA) is 31.0 Å². The van der Waals surface area contributed by atoms with Crippen molar-refractivity contribution in [3.8, 4) is 28.3 Å². The molecule has 38 heavy (non-hydrogen) atoms. The van der Waals surface area contributed by atoms with Crippen molar-refractivity contribution in [3.05, 3.63) is 133 Å². The highest BCUT2D eigenvalue weighted by atomic mass is 16.3. The molecule has 0 saturated heterocycles. The first kappa shape index (κ1) is 21.0. The summed E-state index contributed by atoms with van der Waals surface area (Å²) in [5, 5.41) is 5.01. The van der Waals surface area contributed by atoms with Crippen molar-refractivity contribution in [2.24, 2.45) is 0 Å². The van der Waals surface area contributed by atoms with Gasteiger partial charge in [-0.2, -0.15) is 0 Å². The fourth-order valence-electron chi connectivity index (χ4n) is 5.64. The predicted molar refractivity (Wildman–Crippen MR) is 157 cm³/mol. The third-order valence-corrected chi connectivity index (χ3v) is 7.44. The van der Waals surface area contributed by atoms with Crippen LogP contribution in [0, 0.1) is 0 Å². The molecule has 178 valence electrons. The van der Waals surface area contributed by atoms with E-state index in [9.17, 15) is 0 Å². The zero-order valence-corrected chi connectivity index (χ0v) is 20.5. The molecule has 0 atom stereocenters. The molecule has 2 heterocycles. The minimum atomic E-state index is 0.639. The van der Waals surface area contributed by atoms with E-state index in [1.807, 2.05) is 24.3 Å². The number of rotatable bonds is 3. The van der Waals surface area contributed by atoms with Crippen molar-refractivity contribution in [3.63, 3.8) is 0 Å². The van der Waals surface area contributed by atoms with Gasteiger partial charge in [0, 0.05) is 22.0 Å². The second-order valence-electron chi connectivity index (χ2n) is 9.64. The van der Waals surface area contributed by atoms with Gasteiger partial charge in [0.15, 0.2) is 5.58 Å². The van der Waals surface area contributed by atoms with Gasteiger partial charge in [-0.25, -0.2) is 4.98 Å². The number of benzene rings is 6. The molecule has 0 amide bonds. The summed E-state index contributed by atoms with van der Waals surface area (Å²) >= 11 is 0. The minimum absolute atomic E-state index is 0.639. The summed E-state index contributed by atoms with van der Waals surface area (Å²) in [7, 11) is 0. The Balaban J connectivity index is 1.29. The van der Waals surface area contributed by atoms with Gasteiger partial charge >= 0.3 is 0 Å². The Bertz CT molecular complexity index is 2090. The molecule has 0 aliphatic heterocycles. The molecule has 0 bridgehead atoms. The van der Waals surface area contributed by atoms with Crippen molar-refractivity contribution in [1.82, 2.24) is 9.55 Å². The molecule has 8 rings (SSSR count). The van der Waals surface area contributed by atoms with Crippen LogP contribution in [-0.4, -0.2) is 9.55 Å². The van der Waals surface area contributed by atoms with E-state index in [-0.39, 0.29) is 0 Å². The molecule has 0 saturated carbocycles. The Kier molecular flexibility index (Phi) is 4.52. The van der Waals surface area contributed by atoms with Gasteiger partial charge in [-0.1, -0.05) is 78.9 Å². The molecule has 0 radical (unpaired) electrons. The molecule has 3 nitrogen and oxygen atoms in total. The molecule has 0 fully saturated rings. The fourth-order valence-corrected chi connectivity index (χ4v) is 5.64. The second kappa shape index (κ2) is 8.19. The van der Waals surface area contributed by atoms with E-state index in [1.165, 1.54) is 43.7 Å². The van der Waals surface area contributed by atoms with E-state index >= 15 is 0 Å². The summed E-state index contributed by atoms with van der Waals surface area (Å²) in [5.41, 5.74) is 8.59. The lowest BCUT2D eigenvalue weighted by Crippen LogP contribution is -1.93. The van der Waals surface area contributed by atoms with E-state index < -0.39 is 0 Å². The van der Waals surface area contributed by atoms with Crippen LogP contribution in [0.4, 0.5) is 0 Å². The third-order valence-electron chi connectivity index (χ3n) is 7.44. The Morgan fingerprint density at radius 1 is 0.526 bits per heavy atom. The standard InChI is InChI=1S/C35H22N2O/c1-2-10-27-23(8-1)9-7-12-28(27)25-18-21-33-30(22-25)29-11-3-5-14-32(29)37(33)26-19-16-24(17-20-26)35-36-31-13-4-6-15-34(31)38-35/h1-22H. The van der Waals surface area contributed by atoms with Crippen molar-refractivity contribution in [2.75, 3.05) is 0 Å². The average molecular weight is 487 g/mol. The van der Waals surface area contributed by atoms with E-state index in [0.29, 0.717) is 5.89 Å². The number of hydrogen-bond donors (Lipinski definition) is 0. The van der Waals surface area contributed by atoms with E-state index in [2.05, 4.69) is 119 Å². The Labute approximate surface area is 219 Å². The number of para-hydroxylation sites is 3. The number of oxazole rings is 1. The highest BCUT2D eigenvalue weighted by molar-refractivity contribution is 6.11. The maximum atomic E-state index is 5.99. The Morgan fingerprint density at radius 2 is 1.24 bits per heavy atom. The van der Waals surface area contributed by atoms with E-state index in [1.54, 1.807) is 0 Å². The van der Waals surface area contributed by atoms with E-state index in [0.717, 1.165) is 22.4 Å². The van der Waals surface area contributed by atoms with Crippen molar-refractivity contribution < 1.29 is 4.42 Å². The summed E-state index contributed by atoms with van der Waals surface area (Å²) in [6, 6.07) is 46.9. The molecule has 8 aromatic rings. The van der Waals surface area contributed by atoms with Crippen LogP contribution in [0.2, 0.25) is 0 Å². The SMILES string of the molecule is c1ccc2c(-c3ccc4c(c3)c3ccccc3n4-c3ccc(-c4nc5ccccc5o4)cc3)cccc2c1. The average Bonchev–Trinajstić information content (AvgIpc) is 3.56. The van der Waals surface area contributed by atoms with Crippen LogP contribution in [0.1, 0.15) is 0 Å². The Hall–Kier alpha value is -5.15. The fraction of sp³-hybridized carbons (Fsp3) is 0. The van der Waals surface area contributed by atoms with Gasteiger partial charge in [-0.15, -0.1) is 0 Å². The molecule has 0 aliphatic carbocycles. The van der Waals surface area contributed by atoms with Crippen LogP contribution in [-0.2, 0) is 0 Å². The smallest absolute Gasteiger partial charge is 0.227 e. The summed E-state index contributed by atoms with van der Waals surface area (Å²) in [5.74, 6) is 0.639. The van der Waals surface area contributed by atoms with Crippen LogP contribution in [0.25, 0.3) is 71.9 Å². The highest BCUT2D eigenvalue weighted by Crippen LogP contribution is 2.37. The zero-order valence-electron chi connectivity index (χ0n) is 20.5. The maximum Gasteiger partial charge on any atom is 0.227 e. The van der Waals surface area contributed by atoms with Crippen molar-refractivity contribution in [1.29, 1.82) is 0 Å². The van der Waals surface area contributed by atoms with Gasteiger partial charge in [-0.05, 0) is 76.5 Å². The van der Waals surface area contributed by atoms with Crippen molar-refractivity contribution in [2.45, 2.75) is 0 Å². The summed E-state index contributed by atoms with van der Waals surface area (Å²) in [6.45, 7) is 0. The first-order valence-corrected chi connectivity index (χ1v) is 12.8. The Morgan fingerprint density at radius 3 is 2.13 bits per heavy atom. The van der Waals surface area contributed by atoms with Crippen molar-refractivity contribution >= 4 is 43.7 Å². The largest absolute Gasteiger partial charge is 0.436 e. The van der Waals surface area contributed by atoms with E-state index in [4.69, 9.17) is 4.42 Å². The quantitative estimate of drug-likeness (QED) is 0.249. The third kappa shape index (κ3) is 3.19. The monoisotopic (exact) mass is 486 g/mol. The zero-order chi connectivity index (χ0) is 25.1. The molecular weight excluding hydrogens is 464 g/mol. The summed E-state index contributed by atoms with van der Waals surface area (Å²) in [6.07, 6.45) is 0. The number of aromatic nitrogens is 2. The van der Waals surface area contributed by atoms with Crippen LogP contribution >= 0.6 is 0 Å². The van der Waals surface area contributed by atoms with Gasteiger partial charge in [0.25, 0.3) is 0 Å².